The van der Waals surface area contributed by atoms with Gasteiger partial charge in [0.25, 0.3) is 10.0 Å². The van der Waals surface area contributed by atoms with Crippen LogP contribution in [0.15, 0.2) is 10.4 Å². The first kappa shape index (κ1) is 14.0. The van der Waals surface area contributed by atoms with Crippen molar-refractivity contribution in [2.24, 2.45) is 5.92 Å². The van der Waals surface area contributed by atoms with Crippen LogP contribution < -0.4 is 0 Å². The molecule has 3 heterocycles. The van der Waals surface area contributed by atoms with E-state index in [4.69, 9.17) is 0 Å². The average molecular weight is 316 g/mol. The second kappa shape index (κ2) is 4.78. The van der Waals surface area contributed by atoms with Gasteiger partial charge >= 0.3 is 5.97 Å². The molecule has 0 aromatic carbocycles. The summed E-state index contributed by atoms with van der Waals surface area (Å²) in [5.74, 6) is -1.46. The van der Waals surface area contributed by atoms with E-state index in [1.165, 1.54) is 21.8 Å². The van der Waals surface area contributed by atoms with Crippen LogP contribution in [0.25, 0.3) is 0 Å². The van der Waals surface area contributed by atoms with E-state index >= 15 is 0 Å². The van der Waals surface area contributed by atoms with Gasteiger partial charge in [-0.05, 0) is 25.7 Å². The van der Waals surface area contributed by atoms with E-state index in [0.717, 1.165) is 11.4 Å². The molecule has 6 nitrogen and oxygen atoms in total. The van der Waals surface area contributed by atoms with Crippen molar-refractivity contribution in [1.82, 2.24) is 9.29 Å². The van der Waals surface area contributed by atoms with E-state index in [1.807, 2.05) is 6.92 Å². The Balaban J connectivity index is 1.94. The second-order valence-electron chi connectivity index (χ2n) is 5.24. The molecule has 3 unspecified atom stereocenters. The first-order chi connectivity index (χ1) is 9.45. The van der Waals surface area contributed by atoms with Gasteiger partial charge in [-0.25, -0.2) is 13.4 Å². The van der Waals surface area contributed by atoms with Gasteiger partial charge in [-0.2, -0.15) is 4.31 Å². The van der Waals surface area contributed by atoms with Gasteiger partial charge in [0.1, 0.15) is 0 Å². The van der Waals surface area contributed by atoms with Crippen molar-refractivity contribution in [3.63, 3.8) is 0 Å². The highest BCUT2D eigenvalue weighted by Crippen LogP contribution is 2.45. The summed E-state index contributed by atoms with van der Waals surface area (Å²) in [6, 6.07) is -0.562. The van der Waals surface area contributed by atoms with Crippen molar-refractivity contribution in [3.05, 3.63) is 11.2 Å². The number of fused-ring (bicyclic) bond motifs is 2. The number of hydrogen-bond donors (Lipinski definition) is 1. The Morgan fingerprint density at radius 2 is 2.30 bits per heavy atom. The maximum atomic E-state index is 12.7. The van der Waals surface area contributed by atoms with Crippen LogP contribution in [0.4, 0.5) is 0 Å². The third-order valence-corrected chi connectivity index (χ3v) is 7.71. The number of aromatic nitrogens is 1. The van der Waals surface area contributed by atoms with Crippen molar-refractivity contribution in [3.8, 4) is 0 Å². The van der Waals surface area contributed by atoms with E-state index in [0.29, 0.717) is 19.3 Å². The van der Waals surface area contributed by atoms with Crippen molar-refractivity contribution < 1.29 is 18.3 Å². The molecule has 1 aromatic heterocycles. The molecule has 2 saturated heterocycles. The number of rotatable bonds is 4. The first-order valence-corrected chi connectivity index (χ1v) is 8.92. The predicted molar refractivity (Wildman–Crippen MR) is 73.1 cm³/mol. The van der Waals surface area contributed by atoms with Crippen LogP contribution in [-0.4, -0.2) is 40.9 Å². The average Bonchev–Trinajstić information content (AvgIpc) is 3.12. The van der Waals surface area contributed by atoms with E-state index in [1.54, 1.807) is 0 Å². The Morgan fingerprint density at radius 3 is 2.85 bits per heavy atom. The smallest absolute Gasteiger partial charge is 0.308 e. The maximum absolute atomic E-state index is 12.7. The number of aryl methyl sites for hydroxylation is 1. The Labute approximate surface area is 121 Å². The number of carboxylic acids is 1. The molecule has 2 bridgehead atoms. The zero-order valence-electron chi connectivity index (χ0n) is 11.0. The van der Waals surface area contributed by atoms with Gasteiger partial charge in [0.2, 0.25) is 0 Å². The lowest BCUT2D eigenvalue weighted by Crippen LogP contribution is -2.37. The topological polar surface area (TPSA) is 87.6 Å². The maximum Gasteiger partial charge on any atom is 0.308 e. The van der Waals surface area contributed by atoms with Crippen LogP contribution >= 0.6 is 11.3 Å². The zero-order chi connectivity index (χ0) is 14.5. The van der Waals surface area contributed by atoms with Crippen LogP contribution in [0.2, 0.25) is 0 Å². The van der Waals surface area contributed by atoms with Gasteiger partial charge in [0, 0.05) is 12.1 Å². The van der Waals surface area contributed by atoms with E-state index < -0.39 is 28.0 Å². The summed E-state index contributed by atoms with van der Waals surface area (Å²) in [7, 11) is -3.60. The molecule has 0 aliphatic carbocycles. The molecular formula is C12H16N2O4S2. The summed E-state index contributed by atoms with van der Waals surface area (Å²) >= 11 is 1.18. The third kappa shape index (κ3) is 1.97. The molecule has 3 atom stereocenters. The number of carboxylic acid groups (broad SMARTS) is 1. The molecule has 0 saturated carbocycles. The molecule has 0 spiro atoms. The van der Waals surface area contributed by atoms with E-state index in [2.05, 4.69) is 4.98 Å². The Bertz CT molecular complexity index is 640. The fraction of sp³-hybridized carbons (Fsp3) is 0.667. The molecule has 20 heavy (non-hydrogen) atoms. The summed E-state index contributed by atoms with van der Waals surface area (Å²) in [4.78, 5) is 15.3. The monoisotopic (exact) mass is 316 g/mol. The number of hydrogen-bond acceptors (Lipinski definition) is 5. The highest BCUT2D eigenvalue weighted by atomic mass is 32.2. The Morgan fingerprint density at radius 1 is 1.55 bits per heavy atom. The van der Waals surface area contributed by atoms with Gasteiger partial charge < -0.3 is 5.11 Å². The number of nitrogens with zero attached hydrogens (tertiary/aromatic N) is 2. The molecule has 8 heteroatoms. The van der Waals surface area contributed by atoms with Crippen LogP contribution in [0, 0.1) is 5.92 Å². The second-order valence-corrected chi connectivity index (χ2v) is 8.43. The summed E-state index contributed by atoms with van der Waals surface area (Å²) in [5, 5.41) is 9.98. The molecule has 1 aromatic rings. The fourth-order valence-electron chi connectivity index (χ4n) is 3.26. The highest BCUT2D eigenvalue weighted by Gasteiger charge is 2.54. The Hall–Kier alpha value is -0.990. The number of thiazole rings is 1. The van der Waals surface area contributed by atoms with Gasteiger partial charge in [0.15, 0.2) is 4.21 Å². The minimum absolute atomic E-state index is 0.168. The fourth-order valence-corrected chi connectivity index (χ4v) is 6.40. The largest absolute Gasteiger partial charge is 0.481 e. The Kier molecular flexibility index (Phi) is 3.34. The molecule has 0 radical (unpaired) electrons. The zero-order valence-corrected chi connectivity index (χ0v) is 12.7. The van der Waals surface area contributed by atoms with E-state index in [-0.39, 0.29) is 10.3 Å². The van der Waals surface area contributed by atoms with Crippen LogP contribution in [-0.2, 0) is 21.2 Å². The lowest BCUT2D eigenvalue weighted by Gasteiger charge is -2.21. The lowest BCUT2D eigenvalue weighted by atomic mass is 9.89. The molecule has 2 fully saturated rings. The summed E-state index contributed by atoms with van der Waals surface area (Å²) in [6.07, 6.45) is 3.92. The van der Waals surface area contributed by atoms with Crippen molar-refractivity contribution in [1.29, 1.82) is 0 Å². The van der Waals surface area contributed by atoms with Gasteiger partial charge in [0.05, 0.1) is 17.1 Å². The molecule has 2 aliphatic heterocycles. The molecule has 110 valence electrons. The highest BCUT2D eigenvalue weighted by molar-refractivity contribution is 7.91. The minimum atomic E-state index is -3.60. The molecule has 1 N–H and O–H groups in total. The van der Waals surface area contributed by atoms with Crippen LogP contribution in [0.3, 0.4) is 0 Å². The minimum Gasteiger partial charge on any atom is -0.481 e. The molecular weight excluding hydrogens is 300 g/mol. The molecule has 0 amide bonds. The van der Waals surface area contributed by atoms with Gasteiger partial charge in [-0.15, -0.1) is 11.3 Å². The molecule has 3 rings (SSSR count). The summed E-state index contributed by atoms with van der Waals surface area (Å²) in [5.41, 5.74) is 0. The number of aliphatic carboxylic acids is 1. The summed E-state index contributed by atoms with van der Waals surface area (Å²) < 4.78 is 27.1. The van der Waals surface area contributed by atoms with Gasteiger partial charge in [-0.1, -0.05) is 6.92 Å². The SMILES string of the molecule is CCc1ncc(S(=O)(=O)N2C3CCC2C(C(=O)O)C3)s1. The van der Waals surface area contributed by atoms with Gasteiger partial charge in [-0.3, -0.25) is 4.79 Å². The van der Waals surface area contributed by atoms with Crippen LogP contribution in [0.1, 0.15) is 31.2 Å². The number of sulfonamides is 1. The lowest BCUT2D eigenvalue weighted by molar-refractivity contribution is -0.142. The number of carbonyl (C=O) groups is 1. The third-order valence-electron chi connectivity index (χ3n) is 4.16. The van der Waals surface area contributed by atoms with Crippen molar-refractivity contribution in [2.45, 2.75) is 48.9 Å². The molecule has 2 aliphatic rings. The van der Waals surface area contributed by atoms with Crippen molar-refractivity contribution in [2.75, 3.05) is 0 Å². The summed E-state index contributed by atoms with van der Waals surface area (Å²) in [6.45, 7) is 1.93. The predicted octanol–water partition coefficient (Wildman–Crippen LogP) is 1.33. The van der Waals surface area contributed by atoms with Crippen LogP contribution in [0.5, 0.6) is 0 Å². The van der Waals surface area contributed by atoms with E-state index in [9.17, 15) is 18.3 Å². The first-order valence-electron chi connectivity index (χ1n) is 6.66. The van der Waals surface area contributed by atoms with Crippen molar-refractivity contribution >= 4 is 27.3 Å². The quantitative estimate of drug-likeness (QED) is 0.905. The normalized spacial score (nSPS) is 29.9. The standard InChI is InChI=1S/C12H16N2O4S2/c1-2-10-13-6-11(19-10)20(17,18)14-7-3-4-9(14)8(5-7)12(15)16/h6-9H,2-5H2,1H3,(H,15,16).